The van der Waals surface area contributed by atoms with Gasteiger partial charge in [-0.05, 0) is 81.8 Å². The maximum Gasteiger partial charge on any atom is 0.324 e. The molecule has 7 atom stereocenters. The van der Waals surface area contributed by atoms with Crippen LogP contribution in [0.25, 0.3) is 33.4 Å². The van der Waals surface area contributed by atoms with Crippen molar-refractivity contribution in [2.75, 3.05) is 40.5 Å². The maximum atomic E-state index is 14.6. The Balaban J connectivity index is 1.40. The number of amides is 2. The van der Waals surface area contributed by atoms with Crippen LogP contribution in [0.15, 0.2) is 41.9 Å². The monoisotopic (exact) mass is 799 g/mol. The number of esters is 1. The maximum absolute atomic E-state index is 14.6. The molecule has 0 radical (unpaired) electrons. The minimum Gasteiger partial charge on any atom is -0.464 e. The highest BCUT2D eigenvalue weighted by atomic mass is 32.1. The Labute approximate surface area is 339 Å². The van der Waals surface area contributed by atoms with Crippen LogP contribution in [0.4, 0.5) is 0 Å². The minimum absolute atomic E-state index is 0.164. The van der Waals surface area contributed by atoms with Gasteiger partial charge in [-0.15, -0.1) is 11.3 Å². The van der Waals surface area contributed by atoms with Crippen molar-refractivity contribution in [2.24, 2.45) is 23.2 Å². The Hall–Kier alpha value is -4.21. The van der Waals surface area contributed by atoms with Gasteiger partial charge >= 0.3 is 5.97 Å². The number of methoxy groups -OCH3 is 1. The fourth-order valence-electron chi connectivity index (χ4n) is 8.44. The van der Waals surface area contributed by atoms with Gasteiger partial charge in [-0.3, -0.25) is 24.4 Å². The molecule has 2 amide bonds. The van der Waals surface area contributed by atoms with Crippen molar-refractivity contribution in [1.82, 2.24) is 35.6 Å². The molecular formula is C43H57N7O6S. The normalized spacial score (nSPS) is 25.5. The van der Waals surface area contributed by atoms with Gasteiger partial charge < -0.3 is 29.4 Å². The molecule has 3 aliphatic rings. The molecule has 0 spiro atoms. The number of aryl methyl sites for hydroxylation is 1. The van der Waals surface area contributed by atoms with E-state index in [1.165, 1.54) is 16.3 Å². The lowest BCUT2D eigenvalue weighted by Crippen LogP contribution is -2.61. The van der Waals surface area contributed by atoms with E-state index in [0.29, 0.717) is 43.9 Å². The molecule has 14 heteroatoms. The molecule has 1 aliphatic carbocycles. The van der Waals surface area contributed by atoms with E-state index in [0.717, 1.165) is 44.7 Å². The molecule has 1 unspecified atom stereocenters. The number of carbonyl (C=O) groups excluding carboxylic acids is 3. The lowest BCUT2D eigenvalue weighted by Gasteiger charge is -2.37. The Bertz CT molecular complexity index is 2110. The van der Waals surface area contributed by atoms with Gasteiger partial charge in [-0.1, -0.05) is 33.8 Å². The highest BCUT2D eigenvalue weighted by Crippen LogP contribution is 2.46. The number of carbonyl (C=O) groups is 3. The lowest BCUT2D eigenvalue weighted by atomic mass is 9.84. The molecule has 3 aromatic heterocycles. The molecule has 4 aromatic rings. The summed E-state index contributed by atoms with van der Waals surface area (Å²) in [5.41, 5.74) is 9.45. The van der Waals surface area contributed by atoms with Gasteiger partial charge in [-0.2, -0.15) is 0 Å². The van der Waals surface area contributed by atoms with Gasteiger partial charge in [0.2, 0.25) is 5.91 Å². The number of hydrazine groups is 1. The molecule has 57 heavy (non-hydrogen) atoms. The van der Waals surface area contributed by atoms with E-state index in [2.05, 4.69) is 65.7 Å². The number of hydrogen-bond donors (Lipinski definition) is 3. The number of hydrogen-bond acceptors (Lipinski definition) is 11. The molecule has 306 valence electrons. The topological polar surface area (TPSA) is 149 Å². The third-order valence-corrected chi connectivity index (χ3v) is 12.9. The third-order valence-electron chi connectivity index (χ3n) is 12.0. The standard InChI is InChI=1S/C43H57N7O6S/c1-9-49-33-15-14-27-20-29(33)30(37(49)28-12-10-16-45-35(28)26(4)54-8)21-43(5,6)23-56-42(53)31-13-11-18-50(48-31)41(52)36(47-39(51)34-24(2)25(34)3)38(55-19-17-44-7)40-46-32(27)22-57-40/h10,12,14-16,20,22,24-26,31,34,36,38,44,48H,9,11,13,17-19,21,23H2,1-8H3,(H,47,51)/t24-,25+,26-,31-,34?,36-,38-/m0/s1. The van der Waals surface area contributed by atoms with Gasteiger partial charge in [0.15, 0.2) is 0 Å². The SMILES string of the molecule is CCn1c(-c2cccnc2[C@H](C)OC)c2c3cc(ccc31)-c1csc(n1)[C@@H](OCCNC)[C@H](NC(=O)C1[C@@H](C)[C@H]1C)C(=O)N1CCC[C@H](N1)C(=O)OCC(C)(C)C2. The fourth-order valence-corrected chi connectivity index (χ4v) is 9.35. The van der Waals surface area contributed by atoms with Crippen molar-refractivity contribution in [3.05, 3.63) is 58.2 Å². The first kappa shape index (κ1) is 41.0. The number of ether oxygens (including phenoxy) is 3. The van der Waals surface area contributed by atoms with Crippen LogP contribution in [0.3, 0.4) is 0 Å². The van der Waals surface area contributed by atoms with Crippen LogP contribution in [-0.2, 0) is 41.6 Å². The average Bonchev–Trinajstić information content (AvgIpc) is 3.50. The van der Waals surface area contributed by atoms with Gasteiger partial charge in [0.25, 0.3) is 5.91 Å². The summed E-state index contributed by atoms with van der Waals surface area (Å²) in [5, 5.41) is 11.3. The van der Waals surface area contributed by atoms with Crippen LogP contribution in [0.1, 0.15) is 82.9 Å². The number of fused-ring (bicyclic) bond motifs is 6. The van der Waals surface area contributed by atoms with Crippen molar-refractivity contribution in [2.45, 2.75) is 91.6 Å². The van der Waals surface area contributed by atoms with E-state index in [1.807, 2.05) is 39.3 Å². The zero-order valence-corrected chi connectivity index (χ0v) is 35.2. The van der Waals surface area contributed by atoms with E-state index in [-0.39, 0.29) is 48.9 Å². The Morgan fingerprint density at radius 3 is 2.70 bits per heavy atom. The second-order valence-electron chi connectivity index (χ2n) is 16.6. The van der Waals surface area contributed by atoms with Crippen LogP contribution < -0.4 is 16.1 Å². The number of benzene rings is 1. The number of rotatable bonds is 10. The smallest absolute Gasteiger partial charge is 0.324 e. The molecule has 1 saturated carbocycles. The van der Waals surface area contributed by atoms with Gasteiger partial charge in [-0.25, -0.2) is 10.4 Å². The Morgan fingerprint density at radius 2 is 1.98 bits per heavy atom. The summed E-state index contributed by atoms with van der Waals surface area (Å²) in [4.78, 5) is 52.2. The largest absolute Gasteiger partial charge is 0.464 e. The Kier molecular flexibility index (Phi) is 12.2. The summed E-state index contributed by atoms with van der Waals surface area (Å²) in [7, 11) is 3.53. The zero-order valence-electron chi connectivity index (χ0n) is 34.4. The summed E-state index contributed by atoms with van der Waals surface area (Å²) in [6, 6.07) is 8.67. The van der Waals surface area contributed by atoms with Crippen LogP contribution in [0, 0.1) is 23.2 Å². The number of aromatic nitrogens is 3. The molecule has 5 heterocycles. The molecular weight excluding hydrogens is 743 g/mol. The average molecular weight is 800 g/mol. The second kappa shape index (κ2) is 16.9. The molecule has 2 fully saturated rings. The summed E-state index contributed by atoms with van der Waals surface area (Å²) in [6.45, 7) is 14.5. The van der Waals surface area contributed by atoms with E-state index in [1.54, 1.807) is 13.3 Å². The molecule has 6 bridgehead atoms. The highest BCUT2D eigenvalue weighted by molar-refractivity contribution is 7.10. The van der Waals surface area contributed by atoms with Crippen molar-refractivity contribution in [3.8, 4) is 22.5 Å². The van der Waals surface area contributed by atoms with E-state index < -0.39 is 29.6 Å². The van der Waals surface area contributed by atoms with Gasteiger partial charge in [0, 0.05) is 71.7 Å². The van der Waals surface area contributed by atoms with Crippen LogP contribution in [0.2, 0.25) is 0 Å². The molecule has 7 rings (SSSR count). The third kappa shape index (κ3) is 8.24. The van der Waals surface area contributed by atoms with Crippen LogP contribution >= 0.6 is 11.3 Å². The first-order valence-corrected chi connectivity index (χ1v) is 21.1. The quantitative estimate of drug-likeness (QED) is 0.132. The van der Waals surface area contributed by atoms with Crippen molar-refractivity contribution < 1.29 is 28.6 Å². The highest BCUT2D eigenvalue weighted by Gasteiger charge is 2.50. The second-order valence-corrected chi connectivity index (χ2v) is 17.5. The molecule has 1 aromatic carbocycles. The van der Waals surface area contributed by atoms with Crippen molar-refractivity contribution in [1.29, 1.82) is 0 Å². The fraction of sp³-hybridized carbons (Fsp3) is 0.558. The first-order valence-electron chi connectivity index (χ1n) is 20.3. The molecule has 2 aliphatic heterocycles. The number of nitrogens with one attached hydrogen (secondary N) is 3. The van der Waals surface area contributed by atoms with Gasteiger partial charge in [0.1, 0.15) is 23.2 Å². The van der Waals surface area contributed by atoms with Crippen molar-refractivity contribution >= 4 is 40.0 Å². The summed E-state index contributed by atoms with van der Waals surface area (Å²) in [5.74, 6) is -0.764. The van der Waals surface area contributed by atoms with Crippen molar-refractivity contribution in [3.63, 3.8) is 0 Å². The molecule has 3 N–H and O–H groups in total. The number of nitrogens with zero attached hydrogens (tertiary/aromatic N) is 4. The molecule has 13 nitrogen and oxygen atoms in total. The van der Waals surface area contributed by atoms with Gasteiger partial charge in [0.05, 0.1) is 36.4 Å². The van der Waals surface area contributed by atoms with E-state index in [9.17, 15) is 14.4 Å². The number of likely N-dealkylation sites (N-methyl/N-ethyl adjacent to an activating group) is 1. The van der Waals surface area contributed by atoms with E-state index in [4.69, 9.17) is 24.2 Å². The summed E-state index contributed by atoms with van der Waals surface area (Å²) >= 11 is 1.41. The Morgan fingerprint density at radius 1 is 1.19 bits per heavy atom. The predicted octanol–water partition coefficient (Wildman–Crippen LogP) is 5.84. The first-order chi connectivity index (χ1) is 27.4. The van der Waals surface area contributed by atoms with E-state index >= 15 is 0 Å². The predicted molar refractivity (Wildman–Crippen MR) is 220 cm³/mol. The number of pyridine rings is 1. The number of thiazole rings is 1. The summed E-state index contributed by atoms with van der Waals surface area (Å²) < 4.78 is 20.7. The summed E-state index contributed by atoms with van der Waals surface area (Å²) in [6.07, 6.45) is 2.37. The number of cyclic esters (lactones) is 1. The lowest BCUT2D eigenvalue weighted by molar-refractivity contribution is -0.156. The zero-order chi connectivity index (χ0) is 40.6. The van der Waals surface area contributed by atoms with Crippen LogP contribution in [-0.4, -0.2) is 89.9 Å². The molecule has 1 saturated heterocycles. The van der Waals surface area contributed by atoms with Crippen LogP contribution in [0.5, 0.6) is 0 Å². The minimum atomic E-state index is -1.09.